The Bertz CT molecular complexity index is 400. The molecule has 0 aliphatic heterocycles. The minimum absolute atomic E-state index is 0.154. The monoisotopic (exact) mass is 307 g/mol. The van der Waals surface area contributed by atoms with Gasteiger partial charge in [-0.2, -0.15) is 0 Å². The summed E-state index contributed by atoms with van der Waals surface area (Å²) in [6, 6.07) is 9.14. The van der Waals surface area contributed by atoms with Crippen molar-refractivity contribution in [3.05, 3.63) is 29.8 Å². The Balaban J connectivity index is 1.74. The molecule has 1 fully saturated rings. The number of thioether (sulfide) groups is 1. The van der Waals surface area contributed by atoms with Gasteiger partial charge in [-0.05, 0) is 43.5 Å². The van der Waals surface area contributed by atoms with E-state index in [0.717, 1.165) is 24.6 Å². The van der Waals surface area contributed by atoms with Crippen molar-refractivity contribution in [3.63, 3.8) is 0 Å². The van der Waals surface area contributed by atoms with Gasteiger partial charge in [0.25, 0.3) is 0 Å². The van der Waals surface area contributed by atoms with E-state index in [9.17, 15) is 5.11 Å². The normalized spacial score (nSPS) is 18.8. The number of benzene rings is 1. The molecule has 0 amide bonds. The first-order chi connectivity index (χ1) is 10.2. The van der Waals surface area contributed by atoms with Gasteiger partial charge in [0, 0.05) is 16.7 Å². The molecule has 0 bridgehead atoms. The molecule has 2 atom stereocenters. The second-order valence-corrected chi connectivity index (χ2v) is 7.29. The smallest absolute Gasteiger partial charge is 0.0636 e. The quantitative estimate of drug-likeness (QED) is 0.699. The number of aliphatic hydroxyl groups is 1. The molecule has 118 valence electrons. The van der Waals surface area contributed by atoms with E-state index < -0.39 is 0 Å². The van der Waals surface area contributed by atoms with Gasteiger partial charge < -0.3 is 10.4 Å². The van der Waals surface area contributed by atoms with Crippen LogP contribution in [0.5, 0.6) is 0 Å². The van der Waals surface area contributed by atoms with Crippen LogP contribution in [0.3, 0.4) is 0 Å². The summed E-state index contributed by atoms with van der Waals surface area (Å²) >= 11 is 1.78. The first kappa shape index (κ1) is 16.9. The Morgan fingerprint density at radius 2 is 1.90 bits per heavy atom. The lowest BCUT2D eigenvalue weighted by Crippen LogP contribution is -2.17. The van der Waals surface area contributed by atoms with Crippen molar-refractivity contribution in [2.75, 3.05) is 12.3 Å². The largest absolute Gasteiger partial charge is 0.392 e. The first-order valence-electron chi connectivity index (χ1n) is 8.33. The molecule has 0 saturated heterocycles. The maximum Gasteiger partial charge on any atom is 0.0636 e. The second kappa shape index (κ2) is 8.82. The van der Waals surface area contributed by atoms with Gasteiger partial charge in [-0.1, -0.05) is 44.7 Å². The van der Waals surface area contributed by atoms with Gasteiger partial charge in [0.2, 0.25) is 0 Å². The summed E-state index contributed by atoms with van der Waals surface area (Å²) in [5.74, 6) is 1.59. The topological polar surface area (TPSA) is 32.3 Å². The lowest BCUT2D eigenvalue weighted by molar-refractivity contribution is 0.166. The number of hydrogen-bond acceptors (Lipinski definition) is 3. The third-order valence-electron chi connectivity index (χ3n) is 4.41. The van der Waals surface area contributed by atoms with Crippen molar-refractivity contribution in [3.8, 4) is 0 Å². The average Bonchev–Trinajstić information content (AvgIpc) is 2.99. The van der Waals surface area contributed by atoms with Crippen LogP contribution in [0.25, 0.3) is 0 Å². The lowest BCUT2D eigenvalue weighted by atomic mass is 10.0. The van der Waals surface area contributed by atoms with Crippen molar-refractivity contribution >= 4 is 11.8 Å². The van der Waals surface area contributed by atoms with E-state index in [0.29, 0.717) is 6.04 Å². The average molecular weight is 308 g/mol. The maximum absolute atomic E-state index is 10.2. The molecular weight excluding hydrogens is 278 g/mol. The molecule has 2 rings (SSSR count). The van der Waals surface area contributed by atoms with Crippen LogP contribution >= 0.6 is 11.8 Å². The second-order valence-electron chi connectivity index (χ2n) is 6.20. The Hall–Kier alpha value is -0.510. The Kier molecular flexibility index (Phi) is 7.08. The van der Waals surface area contributed by atoms with Crippen LogP contribution in [0.15, 0.2) is 29.2 Å². The minimum atomic E-state index is -0.154. The van der Waals surface area contributed by atoms with Gasteiger partial charge in [0.15, 0.2) is 0 Å². The highest BCUT2D eigenvalue weighted by molar-refractivity contribution is 7.99. The van der Waals surface area contributed by atoms with E-state index in [1.807, 2.05) is 0 Å². The van der Waals surface area contributed by atoms with Crippen LogP contribution in [-0.2, 0) is 0 Å². The zero-order chi connectivity index (χ0) is 15.1. The van der Waals surface area contributed by atoms with Crippen molar-refractivity contribution in [2.45, 2.75) is 63.0 Å². The molecule has 2 nitrogen and oxygen atoms in total. The fraction of sp³-hybridized carbons (Fsp3) is 0.667. The molecule has 1 aromatic carbocycles. The molecule has 1 aliphatic rings. The molecule has 1 saturated carbocycles. The summed E-state index contributed by atoms with van der Waals surface area (Å²) in [5.41, 5.74) is 1.33. The van der Waals surface area contributed by atoms with E-state index in [-0.39, 0.29) is 6.10 Å². The molecule has 21 heavy (non-hydrogen) atoms. The van der Waals surface area contributed by atoms with Gasteiger partial charge in [-0.3, -0.25) is 0 Å². The van der Waals surface area contributed by atoms with Crippen LogP contribution in [0, 0.1) is 5.92 Å². The highest BCUT2D eigenvalue weighted by Gasteiger charge is 2.18. The molecule has 1 aliphatic carbocycles. The van der Waals surface area contributed by atoms with Gasteiger partial charge in [0.1, 0.15) is 0 Å². The Morgan fingerprint density at radius 3 is 2.52 bits per heavy atom. The molecule has 3 heteroatoms. The predicted molar refractivity (Wildman–Crippen MR) is 91.8 cm³/mol. The SMILES string of the molecule is CCNC(C)c1ccc(SCC(O)CC2CCCC2)cc1. The summed E-state index contributed by atoms with van der Waals surface area (Å²) in [7, 11) is 0. The maximum atomic E-state index is 10.2. The lowest BCUT2D eigenvalue weighted by Gasteiger charge is -2.16. The van der Waals surface area contributed by atoms with Gasteiger partial charge >= 0.3 is 0 Å². The third kappa shape index (κ3) is 5.65. The van der Waals surface area contributed by atoms with Crippen molar-refractivity contribution in [1.82, 2.24) is 5.32 Å². The van der Waals surface area contributed by atoms with Crippen LogP contribution in [0.1, 0.15) is 57.6 Å². The van der Waals surface area contributed by atoms with Crippen LogP contribution in [0.4, 0.5) is 0 Å². The third-order valence-corrected chi connectivity index (χ3v) is 5.57. The molecule has 0 heterocycles. The standard InChI is InChI=1S/C18H29NOS/c1-3-19-14(2)16-8-10-18(11-9-16)21-13-17(20)12-15-6-4-5-7-15/h8-11,14-15,17,19-20H,3-7,12-13H2,1-2H3. The summed E-state index contributed by atoms with van der Waals surface area (Å²) in [6.45, 7) is 5.31. The highest BCUT2D eigenvalue weighted by Crippen LogP contribution is 2.30. The number of rotatable bonds is 8. The molecular formula is C18H29NOS. The molecule has 0 aromatic heterocycles. The van der Waals surface area contributed by atoms with E-state index in [4.69, 9.17) is 0 Å². The van der Waals surface area contributed by atoms with Gasteiger partial charge in [-0.25, -0.2) is 0 Å². The summed E-state index contributed by atoms with van der Waals surface area (Å²) in [4.78, 5) is 1.26. The van der Waals surface area contributed by atoms with E-state index in [2.05, 4.69) is 43.4 Å². The fourth-order valence-corrected chi connectivity index (χ4v) is 4.02. The predicted octanol–water partition coefficient (Wildman–Crippen LogP) is 4.39. The van der Waals surface area contributed by atoms with Crippen molar-refractivity contribution in [1.29, 1.82) is 0 Å². The molecule has 0 spiro atoms. The zero-order valence-corrected chi connectivity index (χ0v) is 14.2. The first-order valence-corrected chi connectivity index (χ1v) is 9.31. The number of nitrogens with one attached hydrogen (secondary N) is 1. The van der Waals surface area contributed by atoms with E-state index >= 15 is 0 Å². The summed E-state index contributed by atoms with van der Waals surface area (Å²) < 4.78 is 0. The zero-order valence-electron chi connectivity index (χ0n) is 13.3. The van der Waals surface area contributed by atoms with Crippen molar-refractivity contribution < 1.29 is 5.11 Å². The molecule has 1 aromatic rings. The molecule has 2 unspecified atom stereocenters. The Morgan fingerprint density at radius 1 is 1.24 bits per heavy atom. The summed E-state index contributed by atoms with van der Waals surface area (Å²) in [5, 5.41) is 13.6. The van der Waals surface area contributed by atoms with Crippen LogP contribution in [0.2, 0.25) is 0 Å². The van der Waals surface area contributed by atoms with Crippen molar-refractivity contribution in [2.24, 2.45) is 5.92 Å². The van der Waals surface area contributed by atoms with Gasteiger partial charge in [0.05, 0.1) is 6.10 Å². The molecule has 0 radical (unpaired) electrons. The minimum Gasteiger partial charge on any atom is -0.392 e. The highest BCUT2D eigenvalue weighted by atomic mass is 32.2. The fourth-order valence-electron chi connectivity index (χ4n) is 3.17. The number of hydrogen-bond donors (Lipinski definition) is 2. The van der Waals surface area contributed by atoms with Crippen LogP contribution < -0.4 is 5.32 Å². The van der Waals surface area contributed by atoms with Crippen LogP contribution in [-0.4, -0.2) is 23.5 Å². The number of aliphatic hydroxyl groups excluding tert-OH is 1. The van der Waals surface area contributed by atoms with E-state index in [1.54, 1.807) is 11.8 Å². The molecule has 2 N–H and O–H groups in total. The Labute approximate surface area is 133 Å². The van der Waals surface area contributed by atoms with Gasteiger partial charge in [-0.15, -0.1) is 11.8 Å². The summed E-state index contributed by atoms with van der Waals surface area (Å²) in [6.07, 6.45) is 6.19. The van der Waals surface area contributed by atoms with E-state index in [1.165, 1.54) is 36.1 Å².